The fourth-order valence-corrected chi connectivity index (χ4v) is 4.34. The zero-order valence-corrected chi connectivity index (χ0v) is 16.0. The van der Waals surface area contributed by atoms with Gasteiger partial charge in [0.05, 0.1) is 18.0 Å². The number of rotatable bonds is 5. The minimum atomic E-state index is -4.46. The van der Waals surface area contributed by atoms with Crippen molar-refractivity contribution < 1.29 is 17.9 Å². The average Bonchev–Trinajstić information content (AvgIpc) is 3.22. The highest BCUT2D eigenvalue weighted by atomic mass is 19.4. The Morgan fingerprint density at radius 3 is 2.93 bits per heavy atom. The Morgan fingerprint density at radius 1 is 1.25 bits per heavy atom. The molecule has 28 heavy (non-hydrogen) atoms. The predicted molar refractivity (Wildman–Crippen MR) is 98.0 cm³/mol. The maximum absolute atomic E-state index is 13.1. The van der Waals surface area contributed by atoms with Crippen LogP contribution in [0, 0.1) is 5.92 Å². The van der Waals surface area contributed by atoms with Crippen LogP contribution in [-0.4, -0.2) is 39.4 Å². The van der Waals surface area contributed by atoms with E-state index in [1.54, 1.807) is 0 Å². The molecule has 2 aliphatic rings. The standard InChI is InChI=1S/C20H25F3N4O/c1-26-18(15-6-2-8-17(15)25-26)12-27-10-4-5-14(11-27)13-28-19-16(20(21,22)23)7-3-9-24-19/h3,7,9,14H,2,4-6,8,10-13H2,1H3. The minimum Gasteiger partial charge on any atom is -0.477 e. The normalized spacial score (nSPS) is 20.4. The third-order valence-corrected chi connectivity index (χ3v) is 5.71. The van der Waals surface area contributed by atoms with Gasteiger partial charge in [0, 0.05) is 32.3 Å². The number of alkyl halides is 3. The quantitative estimate of drug-likeness (QED) is 0.777. The van der Waals surface area contributed by atoms with Crippen LogP contribution in [0.3, 0.4) is 0 Å². The van der Waals surface area contributed by atoms with E-state index in [-0.39, 0.29) is 18.4 Å². The molecule has 1 atom stereocenters. The second-order valence-corrected chi connectivity index (χ2v) is 7.76. The molecule has 152 valence electrons. The maximum atomic E-state index is 13.1. The van der Waals surface area contributed by atoms with E-state index in [1.807, 2.05) is 11.7 Å². The zero-order chi connectivity index (χ0) is 19.7. The fourth-order valence-electron chi connectivity index (χ4n) is 4.34. The van der Waals surface area contributed by atoms with E-state index >= 15 is 0 Å². The molecule has 1 fully saturated rings. The Balaban J connectivity index is 1.38. The van der Waals surface area contributed by atoms with Gasteiger partial charge in [-0.1, -0.05) is 0 Å². The van der Waals surface area contributed by atoms with Crippen molar-refractivity contribution >= 4 is 0 Å². The first-order valence-corrected chi connectivity index (χ1v) is 9.83. The Kier molecular flexibility index (Phi) is 5.31. The number of pyridine rings is 1. The average molecular weight is 394 g/mol. The summed E-state index contributed by atoms with van der Waals surface area (Å²) in [6, 6.07) is 2.29. The van der Waals surface area contributed by atoms with Gasteiger partial charge in [-0.3, -0.25) is 9.58 Å². The second kappa shape index (κ2) is 7.73. The van der Waals surface area contributed by atoms with Gasteiger partial charge in [-0.15, -0.1) is 0 Å². The fraction of sp³-hybridized carbons (Fsp3) is 0.600. The molecule has 0 N–H and O–H groups in total. The highest BCUT2D eigenvalue weighted by Crippen LogP contribution is 2.35. The molecule has 1 saturated heterocycles. The van der Waals surface area contributed by atoms with Crippen molar-refractivity contribution in [2.75, 3.05) is 19.7 Å². The highest BCUT2D eigenvalue weighted by molar-refractivity contribution is 5.30. The molecule has 0 radical (unpaired) electrons. The number of piperidine rings is 1. The molecule has 4 rings (SSSR count). The number of hydrogen-bond acceptors (Lipinski definition) is 4. The van der Waals surface area contributed by atoms with Crippen molar-refractivity contribution in [2.45, 2.75) is 44.8 Å². The van der Waals surface area contributed by atoms with Crippen LogP contribution in [0.2, 0.25) is 0 Å². The van der Waals surface area contributed by atoms with Crippen LogP contribution in [-0.2, 0) is 32.6 Å². The van der Waals surface area contributed by atoms with Gasteiger partial charge >= 0.3 is 6.18 Å². The monoisotopic (exact) mass is 394 g/mol. The Hall–Kier alpha value is -2.09. The molecule has 0 aromatic carbocycles. The van der Waals surface area contributed by atoms with Gasteiger partial charge in [-0.05, 0) is 56.3 Å². The molecule has 2 aromatic heterocycles. The first kappa shape index (κ1) is 19.2. The minimum absolute atomic E-state index is 0.193. The van der Waals surface area contributed by atoms with Crippen LogP contribution in [0.1, 0.15) is 41.8 Å². The number of likely N-dealkylation sites (tertiary alicyclic amines) is 1. The SMILES string of the molecule is Cn1nc2c(c1CN1CCCC(COc3ncccc3C(F)(F)F)C1)CCC2. The molecular weight excluding hydrogens is 369 g/mol. The predicted octanol–water partition coefficient (Wildman–Crippen LogP) is 3.61. The number of aromatic nitrogens is 3. The van der Waals surface area contributed by atoms with Gasteiger partial charge in [0.2, 0.25) is 5.88 Å². The van der Waals surface area contributed by atoms with Gasteiger partial charge < -0.3 is 4.74 Å². The Labute approximate surface area is 162 Å². The van der Waals surface area contributed by atoms with Crippen molar-refractivity contribution in [3.63, 3.8) is 0 Å². The molecule has 1 aliphatic carbocycles. The summed E-state index contributed by atoms with van der Waals surface area (Å²) < 4.78 is 46.8. The van der Waals surface area contributed by atoms with Crippen molar-refractivity contribution in [1.82, 2.24) is 19.7 Å². The number of halogens is 3. The van der Waals surface area contributed by atoms with Crippen molar-refractivity contribution in [3.05, 3.63) is 40.8 Å². The van der Waals surface area contributed by atoms with Gasteiger partial charge in [0.25, 0.3) is 0 Å². The smallest absolute Gasteiger partial charge is 0.421 e. The molecule has 0 amide bonds. The van der Waals surface area contributed by atoms with Crippen molar-refractivity contribution in [2.24, 2.45) is 13.0 Å². The first-order chi connectivity index (χ1) is 13.4. The molecule has 1 unspecified atom stereocenters. The lowest BCUT2D eigenvalue weighted by Crippen LogP contribution is -2.38. The molecular formula is C20H25F3N4O. The molecule has 0 saturated carbocycles. The summed E-state index contributed by atoms with van der Waals surface area (Å²) in [6.07, 6.45) is 2.18. The van der Waals surface area contributed by atoms with E-state index in [4.69, 9.17) is 4.74 Å². The lowest BCUT2D eigenvalue weighted by molar-refractivity contribution is -0.139. The third kappa shape index (κ3) is 4.01. The maximum Gasteiger partial charge on any atom is 0.421 e. The summed E-state index contributed by atoms with van der Waals surface area (Å²) >= 11 is 0. The van der Waals surface area contributed by atoms with E-state index in [0.717, 1.165) is 51.4 Å². The van der Waals surface area contributed by atoms with E-state index in [2.05, 4.69) is 15.0 Å². The van der Waals surface area contributed by atoms with Crippen LogP contribution in [0.15, 0.2) is 18.3 Å². The molecule has 2 aromatic rings. The summed E-state index contributed by atoms with van der Waals surface area (Å²) in [5, 5.41) is 4.63. The van der Waals surface area contributed by atoms with E-state index < -0.39 is 11.7 Å². The second-order valence-electron chi connectivity index (χ2n) is 7.76. The molecule has 0 spiro atoms. The lowest BCUT2D eigenvalue weighted by atomic mass is 9.98. The number of nitrogens with zero attached hydrogens (tertiary/aromatic N) is 4. The first-order valence-electron chi connectivity index (χ1n) is 9.83. The van der Waals surface area contributed by atoms with Gasteiger partial charge in [0.1, 0.15) is 5.56 Å². The number of fused-ring (bicyclic) bond motifs is 1. The molecule has 1 aliphatic heterocycles. The molecule has 8 heteroatoms. The Bertz CT molecular complexity index is 833. The lowest BCUT2D eigenvalue weighted by Gasteiger charge is -2.32. The number of ether oxygens (including phenoxy) is 1. The third-order valence-electron chi connectivity index (χ3n) is 5.71. The number of aryl methyl sites for hydroxylation is 2. The van der Waals surface area contributed by atoms with E-state index in [9.17, 15) is 13.2 Å². The highest BCUT2D eigenvalue weighted by Gasteiger charge is 2.35. The van der Waals surface area contributed by atoms with Gasteiger partial charge in [-0.25, -0.2) is 4.98 Å². The van der Waals surface area contributed by atoms with Gasteiger partial charge in [-0.2, -0.15) is 18.3 Å². The van der Waals surface area contributed by atoms with Crippen molar-refractivity contribution in [1.29, 1.82) is 0 Å². The topological polar surface area (TPSA) is 43.2 Å². The summed E-state index contributed by atoms with van der Waals surface area (Å²) in [6.45, 7) is 2.90. The number of hydrogen-bond donors (Lipinski definition) is 0. The molecule has 0 bridgehead atoms. The summed E-state index contributed by atoms with van der Waals surface area (Å²) in [5.74, 6) is -0.130. The Morgan fingerprint density at radius 2 is 2.11 bits per heavy atom. The van der Waals surface area contributed by atoms with Crippen LogP contribution in [0.5, 0.6) is 5.88 Å². The van der Waals surface area contributed by atoms with Crippen molar-refractivity contribution in [3.8, 4) is 5.88 Å². The largest absolute Gasteiger partial charge is 0.477 e. The van der Waals surface area contributed by atoms with Crippen LogP contribution in [0.25, 0.3) is 0 Å². The van der Waals surface area contributed by atoms with Gasteiger partial charge in [0.15, 0.2) is 0 Å². The summed E-state index contributed by atoms with van der Waals surface area (Å²) in [5.41, 5.74) is 3.08. The van der Waals surface area contributed by atoms with Crippen LogP contribution >= 0.6 is 0 Å². The molecule has 3 heterocycles. The van der Waals surface area contributed by atoms with E-state index in [0.29, 0.717) is 0 Å². The van der Waals surface area contributed by atoms with Crippen LogP contribution in [0.4, 0.5) is 13.2 Å². The summed E-state index contributed by atoms with van der Waals surface area (Å²) in [7, 11) is 2.00. The summed E-state index contributed by atoms with van der Waals surface area (Å²) in [4.78, 5) is 6.16. The van der Waals surface area contributed by atoms with E-state index in [1.165, 1.54) is 35.6 Å². The zero-order valence-electron chi connectivity index (χ0n) is 16.0. The molecule has 5 nitrogen and oxygen atoms in total. The van der Waals surface area contributed by atoms with Crippen LogP contribution < -0.4 is 4.74 Å².